The van der Waals surface area contributed by atoms with Crippen molar-refractivity contribution in [1.82, 2.24) is 9.97 Å². The first-order valence-corrected chi connectivity index (χ1v) is 6.42. The zero-order valence-corrected chi connectivity index (χ0v) is 11.2. The smallest absolute Gasteiger partial charge is 0.338 e. The standard InChI is InChI=1S/C16H10F4N2/c17-12-6-7-13-14(9-12)22-15(21-13)8-3-10-1-4-11(5-2-10)16(18,19)20/h1-9H,(H,21,22). The highest BCUT2D eigenvalue weighted by atomic mass is 19.4. The van der Waals surface area contributed by atoms with Gasteiger partial charge in [-0.15, -0.1) is 0 Å². The van der Waals surface area contributed by atoms with Gasteiger partial charge < -0.3 is 4.98 Å². The summed E-state index contributed by atoms with van der Waals surface area (Å²) in [5, 5.41) is 0. The second kappa shape index (κ2) is 5.29. The summed E-state index contributed by atoms with van der Waals surface area (Å²) in [7, 11) is 0. The van der Waals surface area contributed by atoms with Crippen molar-refractivity contribution in [2.75, 3.05) is 0 Å². The van der Waals surface area contributed by atoms with Gasteiger partial charge in [0.05, 0.1) is 16.6 Å². The molecule has 0 atom stereocenters. The lowest BCUT2D eigenvalue weighted by Gasteiger charge is -2.05. The van der Waals surface area contributed by atoms with Crippen molar-refractivity contribution in [2.45, 2.75) is 6.18 Å². The summed E-state index contributed by atoms with van der Waals surface area (Å²) < 4.78 is 50.4. The summed E-state index contributed by atoms with van der Waals surface area (Å²) in [6, 6.07) is 8.99. The van der Waals surface area contributed by atoms with E-state index in [4.69, 9.17) is 0 Å². The molecule has 112 valence electrons. The first kappa shape index (κ1) is 14.3. The highest BCUT2D eigenvalue weighted by Crippen LogP contribution is 2.29. The molecule has 0 saturated heterocycles. The minimum atomic E-state index is -4.34. The van der Waals surface area contributed by atoms with E-state index >= 15 is 0 Å². The van der Waals surface area contributed by atoms with Crippen LogP contribution in [0.15, 0.2) is 42.5 Å². The summed E-state index contributed by atoms with van der Waals surface area (Å²) in [5.41, 5.74) is 1.10. The summed E-state index contributed by atoms with van der Waals surface area (Å²) in [6.07, 6.45) is -1.08. The molecular formula is C16H10F4N2. The van der Waals surface area contributed by atoms with Gasteiger partial charge in [-0.25, -0.2) is 9.37 Å². The van der Waals surface area contributed by atoms with Gasteiger partial charge in [-0.05, 0) is 42.0 Å². The van der Waals surface area contributed by atoms with Crippen molar-refractivity contribution >= 4 is 23.2 Å². The molecule has 2 nitrogen and oxygen atoms in total. The number of imidazole rings is 1. The number of hydrogen-bond donors (Lipinski definition) is 1. The zero-order valence-electron chi connectivity index (χ0n) is 11.2. The Balaban J connectivity index is 1.83. The van der Waals surface area contributed by atoms with Gasteiger partial charge in [-0.3, -0.25) is 0 Å². The van der Waals surface area contributed by atoms with Crippen LogP contribution in [0, 0.1) is 5.82 Å². The number of alkyl halides is 3. The lowest BCUT2D eigenvalue weighted by molar-refractivity contribution is -0.137. The van der Waals surface area contributed by atoms with E-state index in [2.05, 4.69) is 9.97 Å². The highest BCUT2D eigenvalue weighted by Gasteiger charge is 2.29. The van der Waals surface area contributed by atoms with Crippen molar-refractivity contribution in [3.05, 3.63) is 65.2 Å². The number of fused-ring (bicyclic) bond motifs is 1. The van der Waals surface area contributed by atoms with Crippen LogP contribution in [0.1, 0.15) is 17.0 Å². The molecule has 3 aromatic rings. The van der Waals surface area contributed by atoms with Crippen LogP contribution < -0.4 is 0 Å². The molecule has 0 fully saturated rings. The minimum Gasteiger partial charge on any atom is -0.338 e. The summed E-state index contributed by atoms with van der Waals surface area (Å²) in [6.45, 7) is 0. The summed E-state index contributed by atoms with van der Waals surface area (Å²) in [5.74, 6) is 0.134. The molecule has 1 heterocycles. The lowest BCUT2D eigenvalue weighted by Crippen LogP contribution is -2.03. The maximum atomic E-state index is 13.1. The van der Waals surface area contributed by atoms with Crippen LogP contribution in [0.4, 0.5) is 17.6 Å². The Morgan fingerprint density at radius 2 is 1.68 bits per heavy atom. The molecule has 6 heteroatoms. The van der Waals surface area contributed by atoms with E-state index in [1.807, 2.05) is 0 Å². The van der Waals surface area contributed by atoms with E-state index in [0.29, 0.717) is 22.4 Å². The van der Waals surface area contributed by atoms with Crippen LogP contribution in [-0.2, 0) is 6.18 Å². The molecule has 0 aliphatic heterocycles. The molecule has 0 saturated carbocycles. The monoisotopic (exact) mass is 306 g/mol. The lowest BCUT2D eigenvalue weighted by atomic mass is 10.1. The van der Waals surface area contributed by atoms with Gasteiger partial charge in [0, 0.05) is 0 Å². The first-order valence-electron chi connectivity index (χ1n) is 6.42. The summed E-state index contributed by atoms with van der Waals surface area (Å²) in [4.78, 5) is 7.16. The van der Waals surface area contributed by atoms with Crippen molar-refractivity contribution in [2.24, 2.45) is 0 Å². The topological polar surface area (TPSA) is 28.7 Å². The number of nitrogens with zero attached hydrogens (tertiary/aromatic N) is 1. The van der Waals surface area contributed by atoms with Gasteiger partial charge in [0.1, 0.15) is 11.6 Å². The molecule has 0 aliphatic carbocycles. The van der Waals surface area contributed by atoms with Gasteiger partial charge in [0.25, 0.3) is 0 Å². The van der Waals surface area contributed by atoms with E-state index in [9.17, 15) is 17.6 Å². The second-order valence-corrected chi connectivity index (χ2v) is 4.74. The Kier molecular flexibility index (Phi) is 3.44. The van der Waals surface area contributed by atoms with Gasteiger partial charge in [-0.1, -0.05) is 18.2 Å². The molecule has 3 rings (SSSR count). The van der Waals surface area contributed by atoms with Crippen LogP contribution >= 0.6 is 0 Å². The molecule has 0 radical (unpaired) electrons. The number of H-pyrrole nitrogens is 1. The predicted molar refractivity (Wildman–Crippen MR) is 76.4 cm³/mol. The molecule has 22 heavy (non-hydrogen) atoms. The number of rotatable bonds is 2. The van der Waals surface area contributed by atoms with Crippen LogP contribution in [0.5, 0.6) is 0 Å². The molecule has 0 unspecified atom stereocenters. The minimum absolute atomic E-state index is 0.366. The quantitative estimate of drug-likeness (QED) is 0.671. The van der Waals surface area contributed by atoms with Crippen LogP contribution in [0.2, 0.25) is 0 Å². The predicted octanol–water partition coefficient (Wildman–Crippen LogP) is 4.89. The van der Waals surface area contributed by atoms with Gasteiger partial charge in [0.15, 0.2) is 0 Å². The van der Waals surface area contributed by atoms with Crippen LogP contribution in [0.3, 0.4) is 0 Å². The third kappa shape index (κ3) is 3.00. The van der Waals surface area contributed by atoms with Crippen molar-refractivity contribution < 1.29 is 17.6 Å². The number of halogens is 4. The fraction of sp³-hybridized carbons (Fsp3) is 0.0625. The molecular weight excluding hydrogens is 296 g/mol. The normalized spacial score (nSPS) is 12.4. The van der Waals surface area contributed by atoms with Crippen LogP contribution in [0.25, 0.3) is 23.2 Å². The third-order valence-electron chi connectivity index (χ3n) is 3.13. The van der Waals surface area contributed by atoms with E-state index < -0.39 is 11.7 Å². The summed E-state index contributed by atoms with van der Waals surface area (Å²) >= 11 is 0. The van der Waals surface area contributed by atoms with E-state index in [-0.39, 0.29) is 5.82 Å². The molecule has 1 aromatic heterocycles. The van der Waals surface area contributed by atoms with E-state index in [1.165, 1.54) is 24.3 Å². The third-order valence-corrected chi connectivity index (χ3v) is 3.13. The second-order valence-electron chi connectivity index (χ2n) is 4.74. The number of nitrogens with one attached hydrogen (secondary N) is 1. The van der Waals surface area contributed by atoms with E-state index in [0.717, 1.165) is 12.1 Å². The van der Waals surface area contributed by atoms with Gasteiger partial charge in [0.2, 0.25) is 0 Å². The maximum absolute atomic E-state index is 13.1. The van der Waals surface area contributed by atoms with Crippen molar-refractivity contribution in [3.63, 3.8) is 0 Å². The molecule has 0 amide bonds. The fourth-order valence-electron chi connectivity index (χ4n) is 2.04. The number of hydrogen-bond acceptors (Lipinski definition) is 1. The molecule has 2 aromatic carbocycles. The number of aromatic nitrogens is 2. The molecule has 0 bridgehead atoms. The molecule has 1 N–H and O–H groups in total. The largest absolute Gasteiger partial charge is 0.416 e. The van der Waals surface area contributed by atoms with E-state index in [1.54, 1.807) is 18.2 Å². The number of benzene rings is 2. The van der Waals surface area contributed by atoms with Gasteiger partial charge >= 0.3 is 6.18 Å². The average molecular weight is 306 g/mol. The Labute approximate surface area is 123 Å². The van der Waals surface area contributed by atoms with Crippen molar-refractivity contribution in [3.8, 4) is 0 Å². The average Bonchev–Trinajstić information content (AvgIpc) is 2.86. The molecule has 0 aliphatic rings. The Morgan fingerprint density at radius 3 is 2.36 bits per heavy atom. The zero-order chi connectivity index (χ0) is 15.7. The highest BCUT2D eigenvalue weighted by molar-refractivity contribution is 5.78. The fourth-order valence-corrected chi connectivity index (χ4v) is 2.04. The SMILES string of the molecule is Fc1ccc2nc(C=Cc3ccc(C(F)(F)F)cc3)[nH]c2c1. The Hall–Kier alpha value is -2.63. The molecule has 0 spiro atoms. The Bertz CT molecular complexity index is 829. The van der Waals surface area contributed by atoms with Crippen LogP contribution in [-0.4, -0.2) is 9.97 Å². The van der Waals surface area contributed by atoms with Gasteiger partial charge in [-0.2, -0.15) is 13.2 Å². The Morgan fingerprint density at radius 1 is 0.955 bits per heavy atom. The first-order chi connectivity index (χ1) is 10.4. The van der Waals surface area contributed by atoms with Crippen molar-refractivity contribution in [1.29, 1.82) is 0 Å². The maximum Gasteiger partial charge on any atom is 0.416 e. The number of aromatic amines is 1.